The highest BCUT2D eigenvalue weighted by Gasteiger charge is 2.15. The predicted molar refractivity (Wildman–Crippen MR) is 69.6 cm³/mol. The fourth-order valence-electron chi connectivity index (χ4n) is 1.81. The van der Waals surface area contributed by atoms with Crippen LogP contribution in [0.25, 0.3) is 0 Å². The molecule has 0 aliphatic carbocycles. The van der Waals surface area contributed by atoms with Crippen molar-refractivity contribution in [3.8, 4) is 0 Å². The van der Waals surface area contributed by atoms with E-state index in [1.54, 1.807) is 12.1 Å². The van der Waals surface area contributed by atoms with Crippen molar-refractivity contribution < 1.29 is 0 Å². The van der Waals surface area contributed by atoms with Crippen molar-refractivity contribution in [1.82, 2.24) is 10.2 Å². The molecule has 0 aromatic heterocycles. The number of benzene rings is 1. The summed E-state index contributed by atoms with van der Waals surface area (Å²) in [6.45, 7) is 4.81. The molecule has 1 heterocycles. The molecule has 1 aromatic carbocycles. The van der Waals surface area contributed by atoms with Crippen LogP contribution in [0.15, 0.2) is 12.1 Å². The third-order valence-corrected chi connectivity index (χ3v) is 3.93. The van der Waals surface area contributed by atoms with Gasteiger partial charge in [-0.2, -0.15) is 0 Å². The second-order valence-corrected chi connectivity index (χ2v) is 5.04. The molecule has 16 heavy (non-hydrogen) atoms. The maximum absolute atomic E-state index is 6.16. The second-order valence-electron chi connectivity index (χ2n) is 3.85. The molecular formula is C11H13Cl3N2. The molecule has 1 N–H and O–H groups in total. The number of hydrogen-bond donors (Lipinski definition) is 1. The molecule has 1 aliphatic heterocycles. The van der Waals surface area contributed by atoms with Gasteiger partial charge in [0.05, 0.1) is 10.0 Å². The zero-order chi connectivity index (χ0) is 11.5. The smallest absolute Gasteiger partial charge is 0.0652 e. The van der Waals surface area contributed by atoms with Crippen LogP contribution >= 0.6 is 34.8 Å². The fourth-order valence-corrected chi connectivity index (χ4v) is 2.47. The lowest BCUT2D eigenvalue weighted by Crippen LogP contribution is -2.42. The molecule has 0 unspecified atom stereocenters. The monoisotopic (exact) mass is 278 g/mol. The first-order chi connectivity index (χ1) is 7.68. The normalized spacial score (nSPS) is 17.7. The van der Waals surface area contributed by atoms with Crippen LogP contribution in [0.4, 0.5) is 0 Å². The summed E-state index contributed by atoms with van der Waals surface area (Å²) in [6.07, 6.45) is 0. The molecule has 88 valence electrons. The van der Waals surface area contributed by atoms with Gasteiger partial charge >= 0.3 is 0 Å². The Morgan fingerprint density at radius 1 is 1.06 bits per heavy atom. The van der Waals surface area contributed by atoms with Crippen molar-refractivity contribution in [1.29, 1.82) is 0 Å². The van der Waals surface area contributed by atoms with Gasteiger partial charge in [0.25, 0.3) is 0 Å². The molecule has 1 aliphatic rings. The van der Waals surface area contributed by atoms with Gasteiger partial charge in [-0.15, -0.1) is 0 Å². The zero-order valence-electron chi connectivity index (χ0n) is 8.77. The summed E-state index contributed by atoms with van der Waals surface area (Å²) in [4.78, 5) is 2.32. The Balaban J connectivity index is 2.16. The number of nitrogens with one attached hydrogen (secondary N) is 1. The summed E-state index contributed by atoms with van der Waals surface area (Å²) >= 11 is 18.3. The third kappa shape index (κ3) is 2.82. The van der Waals surface area contributed by atoms with E-state index < -0.39 is 0 Å². The first kappa shape index (κ1) is 12.5. The molecule has 5 heteroatoms. The Hall–Kier alpha value is 0.01000. The average molecular weight is 280 g/mol. The fraction of sp³-hybridized carbons (Fsp3) is 0.455. The third-order valence-electron chi connectivity index (χ3n) is 2.73. The van der Waals surface area contributed by atoms with E-state index in [-0.39, 0.29) is 0 Å². The maximum Gasteiger partial charge on any atom is 0.0652 e. The Kier molecular flexibility index (Phi) is 4.34. The number of rotatable bonds is 2. The minimum atomic E-state index is 0.566. The highest BCUT2D eigenvalue weighted by molar-refractivity contribution is 6.44. The van der Waals surface area contributed by atoms with Crippen LogP contribution in [0.5, 0.6) is 0 Å². The number of piperazine rings is 1. The van der Waals surface area contributed by atoms with Gasteiger partial charge in [0.2, 0.25) is 0 Å². The SMILES string of the molecule is Clc1ccc(Cl)c(CN2CCNCC2)c1Cl. The number of hydrogen-bond acceptors (Lipinski definition) is 2. The van der Waals surface area contributed by atoms with Gasteiger partial charge in [-0.3, -0.25) is 4.90 Å². The zero-order valence-corrected chi connectivity index (χ0v) is 11.0. The van der Waals surface area contributed by atoms with Crippen LogP contribution in [0.2, 0.25) is 15.1 Å². The highest BCUT2D eigenvalue weighted by Crippen LogP contribution is 2.32. The van der Waals surface area contributed by atoms with E-state index in [0.29, 0.717) is 15.1 Å². The van der Waals surface area contributed by atoms with Crippen LogP contribution in [0.3, 0.4) is 0 Å². The minimum absolute atomic E-state index is 0.566. The van der Waals surface area contributed by atoms with E-state index in [9.17, 15) is 0 Å². The quantitative estimate of drug-likeness (QED) is 0.837. The molecule has 0 bridgehead atoms. The van der Waals surface area contributed by atoms with E-state index in [0.717, 1.165) is 38.3 Å². The average Bonchev–Trinajstić information content (AvgIpc) is 2.31. The molecule has 1 fully saturated rings. The van der Waals surface area contributed by atoms with Crippen molar-refractivity contribution in [2.24, 2.45) is 0 Å². The van der Waals surface area contributed by atoms with Crippen molar-refractivity contribution >= 4 is 34.8 Å². The molecule has 0 spiro atoms. The van der Waals surface area contributed by atoms with Crippen molar-refractivity contribution in [3.63, 3.8) is 0 Å². The molecule has 2 rings (SSSR count). The number of halogens is 3. The first-order valence-corrected chi connectivity index (χ1v) is 6.37. The number of nitrogens with zero attached hydrogens (tertiary/aromatic N) is 1. The molecule has 0 atom stereocenters. The summed E-state index contributed by atoms with van der Waals surface area (Å²) in [5, 5.41) is 5.14. The van der Waals surface area contributed by atoms with Crippen LogP contribution in [-0.2, 0) is 6.54 Å². The Morgan fingerprint density at radius 3 is 2.38 bits per heavy atom. The first-order valence-electron chi connectivity index (χ1n) is 5.24. The van der Waals surface area contributed by atoms with Crippen LogP contribution in [0.1, 0.15) is 5.56 Å². The maximum atomic E-state index is 6.16. The molecule has 0 radical (unpaired) electrons. The van der Waals surface area contributed by atoms with Crippen LogP contribution in [-0.4, -0.2) is 31.1 Å². The molecule has 1 saturated heterocycles. The van der Waals surface area contributed by atoms with E-state index in [2.05, 4.69) is 10.2 Å². The summed E-state index contributed by atoms with van der Waals surface area (Å²) in [5.41, 5.74) is 0.928. The van der Waals surface area contributed by atoms with Gasteiger partial charge in [-0.1, -0.05) is 34.8 Å². The van der Waals surface area contributed by atoms with Gasteiger partial charge in [-0.05, 0) is 12.1 Å². The lowest BCUT2D eigenvalue weighted by Gasteiger charge is -2.27. The molecular weight excluding hydrogens is 266 g/mol. The van der Waals surface area contributed by atoms with Crippen molar-refractivity contribution in [2.75, 3.05) is 26.2 Å². The summed E-state index contributed by atoms with van der Waals surface area (Å²) in [7, 11) is 0. The summed E-state index contributed by atoms with van der Waals surface area (Å²) in [6, 6.07) is 3.53. The van der Waals surface area contributed by atoms with Crippen molar-refractivity contribution in [2.45, 2.75) is 6.54 Å². The lowest BCUT2D eigenvalue weighted by atomic mass is 10.2. The minimum Gasteiger partial charge on any atom is -0.314 e. The summed E-state index contributed by atoms with van der Waals surface area (Å²) < 4.78 is 0. The topological polar surface area (TPSA) is 15.3 Å². The lowest BCUT2D eigenvalue weighted by molar-refractivity contribution is 0.233. The van der Waals surface area contributed by atoms with Crippen LogP contribution in [0, 0.1) is 0 Å². The molecule has 2 nitrogen and oxygen atoms in total. The highest BCUT2D eigenvalue weighted by atomic mass is 35.5. The predicted octanol–water partition coefficient (Wildman–Crippen LogP) is 3.05. The van der Waals surface area contributed by atoms with E-state index in [1.807, 2.05) is 0 Å². The van der Waals surface area contributed by atoms with Gasteiger partial charge in [-0.25, -0.2) is 0 Å². The Labute approximate surface area is 110 Å². The second kappa shape index (κ2) is 5.56. The van der Waals surface area contributed by atoms with Gasteiger partial charge in [0, 0.05) is 43.3 Å². The van der Waals surface area contributed by atoms with Crippen LogP contribution < -0.4 is 5.32 Å². The molecule has 0 amide bonds. The Bertz CT molecular complexity index is 376. The van der Waals surface area contributed by atoms with E-state index >= 15 is 0 Å². The van der Waals surface area contributed by atoms with E-state index in [4.69, 9.17) is 34.8 Å². The molecule has 1 aromatic rings. The largest absolute Gasteiger partial charge is 0.314 e. The van der Waals surface area contributed by atoms with Gasteiger partial charge < -0.3 is 5.32 Å². The van der Waals surface area contributed by atoms with E-state index in [1.165, 1.54) is 0 Å². The van der Waals surface area contributed by atoms with Gasteiger partial charge in [0.1, 0.15) is 0 Å². The van der Waals surface area contributed by atoms with Crippen molar-refractivity contribution in [3.05, 3.63) is 32.8 Å². The molecule has 0 saturated carbocycles. The summed E-state index contributed by atoms with van der Waals surface area (Å²) in [5.74, 6) is 0. The Morgan fingerprint density at radius 2 is 1.69 bits per heavy atom. The van der Waals surface area contributed by atoms with Gasteiger partial charge in [0.15, 0.2) is 0 Å². The standard InChI is InChI=1S/C11H13Cl3N2/c12-9-1-2-10(13)11(14)8(9)7-16-5-3-15-4-6-16/h1-2,15H,3-7H2.